The number of nitrogens with zero attached hydrogens (tertiary/aromatic N) is 3. The zero-order valence-electron chi connectivity index (χ0n) is 14.1. The number of hydrogen-bond acceptors (Lipinski definition) is 5. The molecule has 0 unspecified atom stereocenters. The summed E-state index contributed by atoms with van der Waals surface area (Å²) in [6.07, 6.45) is 0. The SMILES string of the molecule is COCCn1c(S[C@@H](C)C(=O)N(C)C)nc2ccc(Br)cc2c1=O. The molecule has 2 rings (SSSR count). The number of ether oxygens (including phenoxy) is 1. The van der Waals surface area contributed by atoms with Crippen LogP contribution in [0, 0.1) is 0 Å². The molecular weight excluding hydrogens is 394 g/mol. The molecule has 0 aliphatic heterocycles. The van der Waals surface area contributed by atoms with Crippen molar-refractivity contribution in [2.45, 2.75) is 23.9 Å². The highest BCUT2D eigenvalue weighted by Crippen LogP contribution is 2.24. The number of hydrogen-bond donors (Lipinski definition) is 0. The summed E-state index contributed by atoms with van der Waals surface area (Å²) >= 11 is 4.67. The second kappa shape index (κ2) is 8.13. The van der Waals surface area contributed by atoms with Gasteiger partial charge in [-0.05, 0) is 25.1 Å². The van der Waals surface area contributed by atoms with Crippen molar-refractivity contribution in [3.63, 3.8) is 0 Å². The molecule has 1 amide bonds. The van der Waals surface area contributed by atoms with E-state index in [0.29, 0.717) is 29.2 Å². The zero-order chi connectivity index (χ0) is 17.9. The van der Waals surface area contributed by atoms with Crippen molar-refractivity contribution in [1.82, 2.24) is 14.5 Å². The lowest BCUT2D eigenvalue weighted by molar-refractivity contribution is -0.127. The van der Waals surface area contributed by atoms with Crippen LogP contribution in [0.3, 0.4) is 0 Å². The normalized spacial score (nSPS) is 12.4. The molecule has 1 aromatic carbocycles. The third-order valence-corrected chi connectivity index (χ3v) is 5.04. The second-order valence-electron chi connectivity index (χ2n) is 5.50. The molecule has 0 saturated heterocycles. The number of rotatable bonds is 6. The van der Waals surface area contributed by atoms with Gasteiger partial charge in [0.05, 0.1) is 29.3 Å². The Labute approximate surface area is 153 Å². The Morgan fingerprint density at radius 1 is 1.46 bits per heavy atom. The zero-order valence-corrected chi connectivity index (χ0v) is 16.5. The molecule has 130 valence electrons. The summed E-state index contributed by atoms with van der Waals surface area (Å²) in [5, 5.41) is 0.722. The first kappa shape index (κ1) is 19.0. The lowest BCUT2D eigenvalue weighted by atomic mass is 10.2. The van der Waals surface area contributed by atoms with E-state index >= 15 is 0 Å². The number of halogens is 1. The highest BCUT2D eigenvalue weighted by atomic mass is 79.9. The molecular formula is C16H20BrN3O3S. The Bertz CT molecular complexity index is 807. The van der Waals surface area contributed by atoms with Crippen molar-refractivity contribution in [2.24, 2.45) is 0 Å². The van der Waals surface area contributed by atoms with E-state index in [1.54, 1.807) is 37.9 Å². The fraction of sp³-hybridized carbons (Fsp3) is 0.438. The smallest absolute Gasteiger partial charge is 0.262 e. The summed E-state index contributed by atoms with van der Waals surface area (Å²) in [4.78, 5) is 31.1. The number of amides is 1. The fourth-order valence-corrected chi connectivity index (χ4v) is 3.66. The van der Waals surface area contributed by atoms with Crippen molar-refractivity contribution in [3.05, 3.63) is 33.0 Å². The highest BCUT2D eigenvalue weighted by molar-refractivity contribution is 9.10. The van der Waals surface area contributed by atoms with Crippen LogP contribution in [0.15, 0.2) is 32.6 Å². The van der Waals surface area contributed by atoms with E-state index in [0.717, 1.165) is 4.47 Å². The topological polar surface area (TPSA) is 64.4 Å². The predicted molar refractivity (Wildman–Crippen MR) is 99.6 cm³/mol. The van der Waals surface area contributed by atoms with E-state index < -0.39 is 0 Å². The number of methoxy groups -OCH3 is 1. The van der Waals surface area contributed by atoms with Crippen molar-refractivity contribution in [1.29, 1.82) is 0 Å². The molecule has 2 aromatic rings. The van der Waals surface area contributed by atoms with Gasteiger partial charge in [0.25, 0.3) is 5.56 Å². The van der Waals surface area contributed by atoms with Gasteiger partial charge in [0.2, 0.25) is 5.91 Å². The van der Waals surface area contributed by atoms with Gasteiger partial charge in [0, 0.05) is 25.7 Å². The maximum absolute atomic E-state index is 12.8. The molecule has 24 heavy (non-hydrogen) atoms. The summed E-state index contributed by atoms with van der Waals surface area (Å²) in [5.41, 5.74) is 0.481. The van der Waals surface area contributed by atoms with Crippen LogP contribution in [-0.2, 0) is 16.1 Å². The van der Waals surface area contributed by atoms with Gasteiger partial charge >= 0.3 is 0 Å². The van der Waals surface area contributed by atoms with Crippen LogP contribution in [0.5, 0.6) is 0 Å². The van der Waals surface area contributed by atoms with Crippen molar-refractivity contribution in [3.8, 4) is 0 Å². The molecule has 1 atom stereocenters. The molecule has 0 bridgehead atoms. The Morgan fingerprint density at radius 2 is 2.17 bits per heavy atom. The van der Waals surface area contributed by atoms with Gasteiger partial charge in [-0.2, -0.15) is 0 Å². The van der Waals surface area contributed by atoms with Crippen LogP contribution in [0.1, 0.15) is 6.92 Å². The molecule has 6 nitrogen and oxygen atoms in total. The van der Waals surface area contributed by atoms with Crippen LogP contribution >= 0.6 is 27.7 Å². The molecule has 0 aliphatic carbocycles. The number of carbonyl (C=O) groups is 1. The third kappa shape index (κ3) is 4.17. The molecule has 0 aliphatic rings. The number of fused-ring (bicyclic) bond motifs is 1. The van der Waals surface area contributed by atoms with Gasteiger partial charge in [-0.25, -0.2) is 4.98 Å². The van der Waals surface area contributed by atoms with Crippen LogP contribution in [0.4, 0.5) is 0 Å². The summed E-state index contributed by atoms with van der Waals surface area (Å²) < 4.78 is 7.50. The molecule has 0 radical (unpaired) electrons. The lowest BCUT2D eigenvalue weighted by Gasteiger charge is -2.18. The minimum absolute atomic E-state index is 0.0246. The maximum Gasteiger partial charge on any atom is 0.262 e. The largest absolute Gasteiger partial charge is 0.383 e. The number of thioether (sulfide) groups is 1. The van der Waals surface area contributed by atoms with E-state index in [2.05, 4.69) is 20.9 Å². The molecule has 1 aromatic heterocycles. The van der Waals surface area contributed by atoms with E-state index in [-0.39, 0.29) is 16.7 Å². The van der Waals surface area contributed by atoms with E-state index in [4.69, 9.17) is 4.74 Å². The third-order valence-electron chi connectivity index (χ3n) is 3.47. The van der Waals surface area contributed by atoms with Crippen molar-refractivity contribution >= 4 is 44.5 Å². The molecule has 8 heteroatoms. The lowest BCUT2D eigenvalue weighted by Crippen LogP contribution is -2.31. The Kier molecular flexibility index (Phi) is 6.42. The van der Waals surface area contributed by atoms with Gasteiger partial charge in [-0.1, -0.05) is 27.7 Å². The first-order chi connectivity index (χ1) is 11.3. The number of carbonyl (C=O) groups excluding carboxylic acids is 1. The first-order valence-electron chi connectivity index (χ1n) is 7.42. The predicted octanol–water partition coefficient (Wildman–Crippen LogP) is 2.37. The standard InChI is InChI=1S/C16H20BrN3O3S/c1-10(14(21)19(2)3)24-16-18-13-6-5-11(17)9-12(13)15(22)20(16)7-8-23-4/h5-6,9-10H,7-8H2,1-4H3/t10-/m0/s1. The average Bonchev–Trinajstić information content (AvgIpc) is 2.54. The summed E-state index contributed by atoms with van der Waals surface area (Å²) in [5.74, 6) is -0.0246. The highest BCUT2D eigenvalue weighted by Gasteiger charge is 2.20. The molecule has 0 N–H and O–H groups in total. The molecule has 1 heterocycles. The van der Waals surface area contributed by atoms with E-state index in [9.17, 15) is 9.59 Å². The van der Waals surface area contributed by atoms with Gasteiger partial charge in [0.15, 0.2) is 5.16 Å². The maximum atomic E-state index is 12.8. The molecule has 0 fully saturated rings. The quantitative estimate of drug-likeness (QED) is 0.537. The van der Waals surface area contributed by atoms with Crippen LogP contribution in [0.25, 0.3) is 10.9 Å². The van der Waals surface area contributed by atoms with Crippen LogP contribution in [0.2, 0.25) is 0 Å². The number of benzene rings is 1. The molecule has 0 saturated carbocycles. The van der Waals surface area contributed by atoms with Gasteiger partial charge < -0.3 is 9.64 Å². The molecule has 0 spiro atoms. The van der Waals surface area contributed by atoms with Crippen LogP contribution in [-0.4, -0.2) is 53.4 Å². The van der Waals surface area contributed by atoms with Crippen molar-refractivity contribution in [2.75, 3.05) is 27.8 Å². The minimum Gasteiger partial charge on any atom is -0.383 e. The monoisotopic (exact) mass is 413 g/mol. The summed E-state index contributed by atoms with van der Waals surface area (Å²) in [7, 11) is 5.01. The Morgan fingerprint density at radius 3 is 2.79 bits per heavy atom. The summed E-state index contributed by atoms with van der Waals surface area (Å²) in [6, 6.07) is 5.40. The van der Waals surface area contributed by atoms with Gasteiger partial charge in [-0.3, -0.25) is 14.2 Å². The second-order valence-corrected chi connectivity index (χ2v) is 7.72. The van der Waals surface area contributed by atoms with Gasteiger partial charge in [-0.15, -0.1) is 0 Å². The Balaban J connectivity index is 2.52. The van der Waals surface area contributed by atoms with Gasteiger partial charge in [0.1, 0.15) is 0 Å². The first-order valence-corrected chi connectivity index (χ1v) is 9.09. The average molecular weight is 414 g/mol. The fourth-order valence-electron chi connectivity index (χ4n) is 2.21. The van der Waals surface area contributed by atoms with Crippen LogP contribution < -0.4 is 5.56 Å². The summed E-state index contributed by atoms with van der Waals surface area (Å²) in [6.45, 7) is 2.59. The minimum atomic E-state index is -0.339. The Hall–Kier alpha value is -1.38. The number of aromatic nitrogens is 2. The van der Waals surface area contributed by atoms with Crippen molar-refractivity contribution < 1.29 is 9.53 Å². The van der Waals surface area contributed by atoms with E-state index in [1.807, 2.05) is 13.0 Å². The van der Waals surface area contributed by atoms with E-state index in [1.165, 1.54) is 16.7 Å².